The first-order valence-electron chi connectivity index (χ1n) is 7.70. The number of rotatable bonds is 4. The number of nitrogens with one attached hydrogen (secondary N) is 1. The highest BCUT2D eigenvalue weighted by Gasteiger charge is 2.27. The van der Waals surface area contributed by atoms with Crippen molar-refractivity contribution in [3.8, 4) is 11.5 Å². The number of amides is 1. The van der Waals surface area contributed by atoms with Crippen molar-refractivity contribution in [2.45, 2.75) is 17.9 Å². The Bertz CT molecular complexity index is 955. The van der Waals surface area contributed by atoms with E-state index >= 15 is 0 Å². The molecule has 136 valence electrons. The number of primary sulfonamides is 1. The molecule has 0 fully saturated rings. The molecule has 1 atom stereocenters. The Hall–Kier alpha value is -2.91. The second-order valence-corrected chi connectivity index (χ2v) is 7.17. The summed E-state index contributed by atoms with van der Waals surface area (Å²) in [5, 5.41) is 9.08. The minimum atomic E-state index is -3.75. The fourth-order valence-electron chi connectivity index (χ4n) is 2.31. The second-order valence-electron chi connectivity index (χ2n) is 5.61. The summed E-state index contributed by atoms with van der Waals surface area (Å²) in [5.74, 6) is 0.643. The number of para-hydroxylation sites is 2. The molecule has 3 rings (SSSR count). The lowest BCUT2D eigenvalue weighted by atomic mass is 10.1. The normalized spacial score (nSPS) is 16.8. The lowest BCUT2D eigenvalue weighted by Crippen LogP contribution is -2.42. The van der Waals surface area contributed by atoms with Crippen LogP contribution in [-0.4, -0.2) is 32.7 Å². The highest BCUT2D eigenvalue weighted by molar-refractivity contribution is 7.89. The number of carbonyl (C=O) groups excluding carboxylic acids is 1. The van der Waals surface area contributed by atoms with Gasteiger partial charge in [-0.05, 0) is 36.8 Å². The van der Waals surface area contributed by atoms with Gasteiger partial charge in [0, 0.05) is 0 Å². The first kappa shape index (κ1) is 17.9. The first-order chi connectivity index (χ1) is 12.3. The molecule has 0 spiro atoms. The zero-order valence-electron chi connectivity index (χ0n) is 13.9. The third kappa shape index (κ3) is 4.01. The molecule has 0 radical (unpaired) electrons. The minimum Gasteiger partial charge on any atom is -0.485 e. The maximum Gasteiger partial charge on any atom is 0.284 e. The Morgan fingerprint density at radius 2 is 1.81 bits per heavy atom. The number of carbonyl (C=O) groups is 1. The molecular weight excluding hydrogens is 358 g/mol. The highest BCUT2D eigenvalue weighted by atomic mass is 32.2. The smallest absolute Gasteiger partial charge is 0.284 e. The van der Waals surface area contributed by atoms with Crippen LogP contribution in [0, 0.1) is 0 Å². The predicted molar refractivity (Wildman–Crippen MR) is 94.5 cm³/mol. The van der Waals surface area contributed by atoms with Crippen molar-refractivity contribution < 1.29 is 22.7 Å². The van der Waals surface area contributed by atoms with E-state index in [1.165, 1.54) is 12.1 Å². The van der Waals surface area contributed by atoms with Crippen molar-refractivity contribution in [2.24, 2.45) is 10.2 Å². The van der Waals surface area contributed by atoms with E-state index in [0.717, 1.165) is 0 Å². The zero-order valence-corrected chi connectivity index (χ0v) is 14.7. The number of nitrogens with zero attached hydrogens (tertiary/aromatic N) is 1. The molecule has 0 aromatic heterocycles. The summed E-state index contributed by atoms with van der Waals surface area (Å²) >= 11 is 0. The van der Waals surface area contributed by atoms with Crippen LogP contribution in [0.4, 0.5) is 0 Å². The van der Waals surface area contributed by atoms with E-state index < -0.39 is 22.0 Å². The van der Waals surface area contributed by atoms with Gasteiger partial charge in [-0.3, -0.25) is 4.79 Å². The van der Waals surface area contributed by atoms with E-state index in [2.05, 4.69) is 10.5 Å². The number of ether oxygens (including phenoxy) is 2. The van der Waals surface area contributed by atoms with Crippen LogP contribution < -0.4 is 20.0 Å². The molecule has 0 aliphatic carbocycles. The van der Waals surface area contributed by atoms with Crippen molar-refractivity contribution in [3.63, 3.8) is 0 Å². The van der Waals surface area contributed by atoms with Crippen LogP contribution in [0.1, 0.15) is 12.5 Å². The third-order valence-electron chi connectivity index (χ3n) is 3.74. The largest absolute Gasteiger partial charge is 0.485 e. The van der Waals surface area contributed by atoms with Gasteiger partial charge in [0.2, 0.25) is 16.1 Å². The van der Waals surface area contributed by atoms with Crippen LogP contribution in [0.15, 0.2) is 58.5 Å². The summed E-state index contributed by atoms with van der Waals surface area (Å²) in [6, 6.07) is 12.9. The Morgan fingerprint density at radius 1 is 1.15 bits per heavy atom. The maximum atomic E-state index is 12.2. The average molecular weight is 375 g/mol. The number of hydrazone groups is 1. The van der Waals surface area contributed by atoms with E-state index in [4.69, 9.17) is 14.6 Å². The van der Waals surface area contributed by atoms with Gasteiger partial charge in [0.05, 0.1) is 10.6 Å². The highest BCUT2D eigenvalue weighted by Crippen LogP contribution is 2.30. The molecule has 8 nitrogen and oxygen atoms in total. The molecule has 0 bridgehead atoms. The molecule has 3 N–H and O–H groups in total. The summed E-state index contributed by atoms with van der Waals surface area (Å²) in [5.41, 5.74) is 3.57. The molecule has 2 aromatic rings. The summed E-state index contributed by atoms with van der Waals surface area (Å²) in [4.78, 5) is 12.2. The van der Waals surface area contributed by atoms with Crippen LogP contribution in [-0.2, 0) is 14.8 Å². The number of sulfonamides is 1. The summed E-state index contributed by atoms with van der Waals surface area (Å²) in [6.45, 7) is 1.76. The fourth-order valence-corrected chi connectivity index (χ4v) is 2.83. The summed E-state index contributed by atoms with van der Waals surface area (Å²) < 4.78 is 33.6. The van der Waals surface area contributed by atoms with Crippen molar-refractivity contribution >= 4 is 21.6 Å². The Labute approximate surface area is 150 Å². The lowest BCUT2D eigenvalue weighted by molar-refractivity contribution is -0.130. The molecule has 1 amide bonds. The van der Waals surface area contributed by atoms with Gasteiger partial charge in [-0.2, -0.15) is 5.10 Å². The van der Waals surface area contributed by atoms with Gasteiger partial charge in [0.1, 0.15) is 6.61 Å². The Balaban J connectivity index is 1.65. The van der Waals surface area contributed by atoms with Gasteiger partial charge >= 0.3 is 0 Å². The molecule has 26 heavy (non-hydrogen) atoms. The monoisotopic (exact) mass is 375 g/mol. The van der Waals surface area contributed by atoms with Crippen LogP contribution in [0.5, 0.6) is 11.5 Å². The molecule has 2 aromatic carbocycles. The summed E-state index contributed by atoms with van der Waals surface area (Å²) in [7, 11) is -3.75. The quantitative estimate of drug-likeness (QED) is 0.610. The molecule has 9 heteroatoms. The molecule has 1 heterocycles. The van der Waals surface area contributed by atoms with Crippen LogP contribution in [0.25, 0.3) is 0 Å². The number of nitrogens with two attached hydrogens (primary N) is 1. The molecule has 1 unspecified atom stereocenters. The Kier molecular flexibility index (Phi) is 4.92. The van der Waals surface area contributed by atoms with Crippen molar-refractivity contribution in [1.29, 1.82) is 0 Å². The van der Waals surface area contributed by atoms with Crippen LogP contribution >= 0.6 is 0 Å². The van der Waals surface area contributed by atoms with E-state index in [0.29, 0.717) is 22.8 Å². The molecule has 0 saturated heterocycles. The van der Waals surface area contributed by atoms with Gasteiger partial charge < -0.3 is 9.47 Å². The van der Waals surface area contributed by atoms with E-state index in [1.807, 2.05) is 6.07 Å². The van der Waals surface area contributed by atoms with Crippen molar-refractivity contribution in [2.75, 3.05) is 6.61 Å². The minimum absolute atomic E-state index is 0.00417. The zero-order chi connectivity index (χ0) is 18.7. The van der Waals surface area contributed by atoms with Crippen LogP contribution in [0.2, 0.25) is 0 Å². The van der Waals surface area contributed by atoms with E-state index in [9.17, 15) is 13.2 Å². The van der Waals surface area contributed by atoms with Gasteiger partial charge in [-0.25, -0.2) is 19.0 Å². The molecule has 1 aliphatic heterocycles. The number of hydrogen-bond acceptors (Lipinski definition) is 6. The van der Waals surface area contributed by atoms with Gasteiger partial charge in [-0.1, -0.05) is 24.3 Å². The topological polar surface area (TPSA) is 120 Å². The van der Waals surface area contributed by atoms with Crippen molar-refractivity contribution in [1.82, 2.24) is 5.43 Å². The van der Waals surface area contributed by atoms with E-state index in [1.54, 1.807) is 37.3 Å². The molecular formula is C17H17N3O5S. The van der Waals surface area contributed by atoms with Crippen LogP contribution in [0.3, 0.4) is 0 Å². The van der Waals surface area contributed by atoms with Gasteiger partial charge in [0.15, 0.2) is 11.5 Å². The molecule has 1 aliphatic rings. The van der Waals surface area contributed by atoms with Crippen molar-refractivity contribution in [3.05, 3.63) is 54.1 Å². The average Bonchev–Trinajstić information content (AvgIpc) is 2.64. The molecule has 0 saturated carbocycles. The SMILES string of the molecule is C/C(=N\NC(=O)C1COc2ccccc2O1)c1ccc(S(N)(=O)=O)cc1. The number of hydrogen-bond donors (Lipinski definition) is 2. The lowest BCUT2D eigenvalue weighted by Gasteiger charge is -2.24. The fraction of sp³-hybridized carbons (Fsp3) is 0.176. The first-order valence-corrected chi connectivity index (χ1v) is 9.25. The van der Waals surface area contributed by atoms with Gasteiger partial charge in [0.25, 0.3) is 5.91 Å². The number of fused-ring (bicyclic) bond motifs is 1. The number of benzene rings is 2. The Morgan fingerprint density at radius 3 is 2.46 bits per heavy atom. The second kappa shape index (κ2) is 7.14. The van der Waals surface area contributed by atoms with Gasteiger partial charge in [-0.15, -0.1) is 0 Å². The predicted octanol–water partition coefficient (Wildman–Crippen LogP) is 1.01. The summed E-state index contributed by atoms with van der Waals surface area (Å²) in [6.07, 6.45) is -0.814. The third-order valence-corrected chi connectivity index (χ3v) is 4.66. The standard InChI is InChI=1S/C17H17N3O5S/c1-11(12-6-8-13(9-7-12)26(18,22)23)19-20-17(21)16-10-24-14-4-2-3-5-15(14)25-16/h2-9,16H,10H2,1H3,(H,20,21)(H2,18,22,23)/b19-11+. The van der Waals surface area contributed by atoms with E-state index in [-0.39, 0.29) is 11.5 Å². The maximum absolute atomic E-state index is 12.2.